The number of amides is 4. The highest BCUT2D eigenvalue weighted by molar-refractivity contribution is 5.90. The third-order valence-electron chi connectivity index (χ3n) is 2.19. The highest BCUT2D eigenvalue weighted by Gasteiger charge is 2.24. The number of hydrogen-bond donors (Lipinski definition) is 4. The summed E-state index contributed by atoms with van der Waals surface area (Å²) in [7, 11) is 0. The van der Waals surface area contributed by atoms with Gasteiger partial charge in [0.2, 0.25) is 11.8 Å². The Balaban J connectivity index is 4.69. The van der Waals surface area contributed by atoms with Gasteiger partial charge < -0.3 is 26.4 Å². The molecule has 0 aliphatic carbocycles. The quantitative estimate of drug-likeness (QED) is 0.491. The van der Waals surface area contributed by atoms with Gasteiger partial charge >= 0.3 is 12.0 Å². The Morgan fingerprint density at radius 1 is 1.19 bits per heavy atom. The number of primary amides is 1. The van der Waals surface area contributed by atoms with E-state index in [1.165, 1.54) is 6.92 Å². The molecular formula is C12H22N4O5. The molecule has 0 fully saturated rings. The minimum absolute atomic E-state index is 0.426. The number of hydrogen-bond acceptors (Lipinski definition) is 4. The van der Waals surface area contributed by atoms with E-state index in [1.807, 2.05) is 0 Å². The average Bonchev–Trinajstić information content (AvgIpc) is 2.24. The molecule has 0 aliphatic heterocycles. The fourth-order valence-corrected chi connectivity index (χ4v) is 1.37. The van der Waals surface area contributed by atoms with Crippen LogP contribution >= 0.6 is 0 Å². The van der Waals surface area contributed by atoms with E-state index in [2.05, 4.69) is 10.6 Å². The lowest BCUT2D eigenvalue weighted by Gasteiger charge is -2.25. The molecule has 0 heterocycles. The molecule has 0 radical (unpaired) electrons. The van der Waals surface area contributed by atoms with Crippen molar-refractivity contribution in [3.8, 4) is 0 Å². The number of aliphatic carboxylic acids is 1. The van der Waals surface area contributed by atoms with Gasteiger partial charge in [0.25, 0.3) is 0 Å². The van der Waals surface area contributed by atoms with Gasteiger partial charge in [-0.3, -0.25) is 14.4 Å². The number of nitrogens with two attached hydrogens (primary N) is 1. The van der Waals surface area contributed by atoms with E-state index in [0.29, 0.717) is 4.90 Å². The molecule has 0 aromatic heterocycles. The Morgan fingerprint density at radius 3 is 2.10 bits per heavy atom. The average molecular weight is 302 g/mol. The van der Waals surface area contributed by atoms with Gasteiger partial charge in [0, 0.05) is 5.54 Å². The van der Waals surface area contributed by atoms with Gasteiger partial charge in [0.05, 0.1) is 0 Å². The Labute approximate surface area is 122 Å². The van der Waals surface area contributed by atoms with Gasteiger partial charge in [-0.05, 0) is 27.7 Å². The summed E-state index contributed by atoms with van der Waals surface area (Å²) in [5.41, 5.74) is 4.48. The molecule has 9 heteroatoms. The van der Waals surface area contributed by atoms with Crippen LogP contribution in [0.5, 0.6) is 0 Å². The minimum Gasteiger partial charge on any atom is -0.480 e. The van der Waals surface area contributed by atoms with Crippen molar-refractivity contribution in [1.29, 1.82) is 0 Å². The van der Waals surface area contributed by atoms with Crippen molar-refractivity contribution >= 4 is 23.8 Å². The molecule has 0 bridgehead atoms. The van der Waals surface area contributed by atoms with Crippen molar-refractivity contribution in [3.05, 3.63) is 0 Å². The first kappa shape index (κ1) is 18.7. The van der Waals surface area contributed by atoms with Gasteiger partial charge in [-0.1, -0.05) is 0 Å². The lowest BCUT2D eigenvalue weighted by atomic mass is 10.1. The van der Waals surface area contributed by atoms with Crippen molar-refractivity contribution in [3.63, 3.8) is 0 Å². The van der Waals surface area contributed by atoms with Gasteiger partial charge in [-0.2, -0.15) is 0 Å². The molecule has 0 aromatic carbocycles. The Bertz CT molecular complexity index is 414. The monoisotopic (exact) mass is 302 g/mol. The summed E-state index contributed by atoms with van der Waals surface area (Å²) >= 11 is 0. The highest BCUT2D eigenvalue weighted by Crippen LogP contribution is 2.00. The summed E-state index contributed by atoms with van der Waals surface area (Å²) in [4.78, 5) is 45.9. The van der Waals surface area contributed by atoms with Crippen LogP contribution in [0.4, 0.5) is 4.79 Å². The fraction of sp³-hybridized carbons (Fsp3) is 0.667. The van der Waals surface area contributed by atoms with Crippen molar-refractivity contribution in [2.24, 2.45) is 5.73 Å². The van der Waals surface area contributed by atoms with Crippen molar-refractivity contribution < 1.29 is 24.3 Å². The van der Waals surface area contributed by atoms with Crippen LogP contribution < -0.4 is 16.4 Å². The molecule has 5 N–H and O–H groups in total. The smallest absolute Gasteiger partial charge is 0.323 e. The maximum Gasteiger partial charge on any atom is 0.323 e. The van der Waals surface area contributed by atoms with Crippen LogP contribution in [-0.4, -0.2) is 58.5 Å². The summed E-state index contributed by atoms with van der Waals surface area (Å²) in [5, 5.41) is 13.7. The molecule has 0 rings (SSSR count). The molecule has 1 atom stereocenters. The van der Waals surface area contributed by atoms with E-state index >= 15 is 0 Å². The van der Waals surface area contributed by atoms with E-state index < -0.39 is 48.5 Å². The fourth-order valence-electron chi connectivity index (χ4n) is 1.37. The van der Waals surface area contributed by atoms with E-state index in [9.17, 15) is 19.2 Å². The predicted octanol–water partition coefficient (Wildman–Crippen LogP) is -1.13. The summed E-state index contributed by atoms with van der Waals surface area (Å²) in [5.74, 6) is -2.57. The number of carbonyl (C=O) groups is 4. The zero-order chi connectivity index (χ0) is 16.8. The number of rotatable bonds is 6. The first-order chi connectivity index (χ1) is 9.42. The molecule has 4 amide bonds. The van der Waals surface area contributed by atoms with Crippen LogP contribution in [0.3, 0.4) is 0 Å². The predicted molar refractivity (Wildman–Crippen MR) is 74.3 cm³/mol. The lowest BCUT2D eigenvalue weighted by Crippen LogP contribution is -2.55. The minimum atomic E-state index is -1.29. The summed E-state index contributed by atoms with van der Waals surface area (Å²) in [6, 6.07) is -1.74. The zero-order valence-electron chi connectivity index (χ0n) is 12.6. The molecule has 0 spiro atoms. The lowest BCUT2D eigenvalue weighted by molar-refractivity contribution is -0.137. The van der Waals surface area contributed by atoms with E-state index in [1.54, 1.807) is 20.8 Å². The molecule has 120 valence electrons. The number of nitrogens with one attached hydrogen (secondary N) is 2. The summed E-state index contributed by atoms with van der Waals surface area (Å²) in [6.45, 7) is 5.55. The molecule has 0 saturated carbocycles. The van der Waals surface area contributed by atoms with E-state index in [4.69, 9.17) is 10.8 Å². The molecule has 1 unspecified atom stereocenters. The normalized spacial score (nSPS) is 12.2. The molecule has 0 aliphatic rings. The van der Waals surface area contributed by atoms with Gasteiger partial charge in [-0.15, -0.1) is 0 Å². The Hall–Kier alpha value is -2.32. The van der Waals surface area contributed by atoms with Gasteiger partial charge in [-0.25, -0.2) is 4.79 Å². The molecule has 9 nitrogen and oxygen atoms in total. The van der Waals surface area contributed by atoms with Gasteiger partial charge in [0.15, 0.2) is 0 Å². The molecule has 0 saturated heterocycles. The summed E-state index contributed by atoms with van der Waals surface area (Å²) in [6.07, 6.45) is 0. The third-order valence-corrected chi connectivity index (χ3v) is 2.19. The standard InChI is InChI=1S/C12H22N4O5/c1-7(10(20)15-12(2,3)4)14-11(21)16(5-8(13)17)6-9(18)19/h7H,5-6H2,1-4H3,(H2,13,17)(H,14,21)(H,15,20)(H,18,19). The summed E-state index contributed by atoms with van der Waals surface area (Å²) < 4.78 is 0. The molecular weight excluding hydrogens is 280 g/mol. The number of urea groups is 1. The first-order valence-corrected chi connectivity index (χ1v) is 6.30. The van der Waals surface area contributed by atoms with Crippen LogP contribution in [0.1, 0.15) is 27.7 Å². The van der Waals surface area contributed by atoms with Crippen LogP contribution in [0.25, 0.3) is 0 Å². The molecule has 0 aromatic rings. The second kappa shape index (κ2) is 7.46. The second-order valence-corrected chi connectivity index (χ2v) is 5.63. The number of carbonyl (C=O) groups excluding carboxylic acids is 3. The second-order valence-electron chi connectivity index (χ2n) is 5.63. The van der Waals surface area contributed by atoms with Gasteiger partial charge in [0.1, 0.15) is 19.1 Å². The number of carboxylic acids is 1. The first-order valence-electron chi connectivity index (χ1n) is 6.30. The van der Waals surface area contributed by atoms with Crippen molar-refractivity contribution in [2.75, 3.05) is 13.1 Å². The Morgan fingerprint density at radius 2 is 1.71 bits per heavy atom. The number of nitrogens with zero attached hydrogens (tertiary/aromatic N) is 1. The van der Waals surface area contributed by atoms with Crippen LogP contribution in [0.2, 0.25) is 0 Å². The molecule has 21 heavy (non-hydrogen) atoms. The van der Waals surface area contributed by atoms with Crippen LogP contribution in [0, 0.1) is 0 Å². The van der Waals surface area contributed by atoms with Crippen molar-refractivity contribution in [2.45, 2.75) is 39.3 Å². The maximum atomic E-state index is 11.9. The highest BCUT2D eigenvalue weighted by atomic mass is 16.4. The van der Waals surface area contributed by atoms with E-state index in [0.717, 1.165) is 0 Å². The van der Waals surface area contributed by atoms with Crippen LogP contribution in [0.15, 0.2) is 0 Å². The Kier molecular flexibility index (Phi) is 6.64. The van der Waals surface area contributed by atoms with Crippen LogP contribution in [-0.2, 0) is 14.4 Å². The zero-order valence-corrected chi connectivity index (χ0v) is 12.6. The number of carboxylic acid groups (broad SMARTS) is 1. The van der Waals surface area contributed by atoms with Crippen molar-refractivity contribution in [1.82, 2.24) is 15.5 Å². The largest absolute Gasteiger partial charge is 0.480 e. The topological polar surface area (TPSA) is 142 Å². The van der Waals surface area contributed by atoms with E-state index in [-0.39, 0.29) is 0 Å². The maximum absolute atomic E-state index is 11.9. The third kappa shape index (κ3) is 8.45. The SMILES string of the molecule is CC(NC(=O)N(CC(N)=O)CC(=O)O)C(=O)NC(C)(C)C.